The van der Waals surface area contributed by atoms with E-state index in [4.69, 9.17) is 28.9 Å². The van der Waals surface area contributed by atoms with Gasteiger partial charge in [0.25, 0.3) is 0 Å². The molecule has 0 amide bonds. The Labute approximate surface area is 129 Å². The van der Waals surface area contributed by atoms with Gasteiger partial charge in [0.1, 0.15) is 0 Å². The summed E-state index contributed by atoms with van der Waals surface area (Å²) in [5.41, 5.74) is 7.58. The molecule has 0 saturated heterocycles. The smallest absolute Gasteiger partial charge is 0.169 e. The number of nitrogen functional groups attached to an aromatic ring is 1. The summed E-state index contributed by atoms with van der Waals surface area (Å²) in [6, 6.07) is 10.4. The summed E-state index contributed by atoms with van der Waals surface area (Å²) in [5, 5.41) is 0.911. The minimum absolute atomic E-state index is 0.0582. The van der Waals surface area contributed by atoms with Crippen LogP contribution in [0.5, 0.6) is 0 Å². The van der Waals surface area contributed by atoms with Crippen LogP contribution in [-0.2, 0) is 6.42 Å². The minimum atomic E-state index is -0.0582. The minimum Gasteiger partial charge on any atom is -0.398 e. The van der Waals surface area contributed by atoms with Gasteiger partial charge in [-0.1, -0.05) is 45.2 Å². The standard InChI is InChI=1S/C14H10BrCl2NO/c15-9-2-4-13(18)10(7-9)14(19)6-8-1-3-11(16)12(17)5-8/h1-5,7H,6,18H2. The lowest BCUT2D eigenvalue weighted by molar-refractivity contribution is 0.0994. The van der Waals surface area contributed by atoms with Gasteiger partial charge in [0.05, 0.1) is 10.0 Å². The number of benzene rings is 2. The van der Waals surface area contributed by atoms with Crippen LogP contribution in [0, 0.1) is 0 Å². The second-order valence-corrected chi connectivity index (χ2v) is 5.81. The van der Waals surface area contributed by atoms with Crippen molar-refractivity contribution in [1.82, 2.24) is 0 Å². The summed E-state index contributed by atoms with van der Waals surface area (Å²) in [4.78, 5) is 12.2. The summed E-state index contributed by atoms with van der Waals surface area (Å²) < 4.78 is 0.819. The number of nitrogens with two attached hydrogens (primary N) is 1. The van der Waals surface area contributed by atoms with Gasteiger partial charge >= 0.3 is 0 Å². The Bertz CT molecular complexity index is 643. The first kappa shape index (κ1) is 14.4. The van der Waals surface area contributed by atoms with E-state index in [2.05, 4.69) is 15.9 Å². The Morgan fingerprint density at radius 1 is 1.11 bits per heavy atom. The van der Waals surface area contributed by atoms with Gasteiger partial charge < -0.3 is 5.73 Å². The van der Waals surface area contributed by atoms with E-state index in [0.29, 0.717) is 21.3 Å². The molecule has 2 N–H and O–H groups in total. The summed E-state index contributed by atoms with van der Waals surface area (Å²) in [6.07, 6.45) is 0.234. The van der Waals surface area contributed by atoms with Crippen molar-refractivity contribution >= 4 is 50.6 Å². The molecule has 0 spiro atoms. The molecule has 0 aliphatic rings. The molecule has 0 aliphatic carbocycles. The highest BCUT2D eigenvalue weighted by molar-refractivity contribution is 9.10. The third-order valence-electron chi connectivity index (χ3n) is 2.66. The zero-order valence-electron chi connectivity index (χ0n) is 9.79. The number of ketones is 1. The van der Waals surface area contributed by atoms with Crippen LogP contribution in [0.4, 0.5) is 5.69 Å². The lowest BCUT2D eigenvalue weighted by Gasteiger charge is -2.06. The lowest BCUT2D eigenvalue weighted by Crippen LogP contribution is -2.07. The SMILES string of the molecule is Nc1ccc(Br)cc1C(=O)Cc1ccc(Cl)c(Cl)c1. The van der Waals surface area contributed by atoms with E-state index in [-0.39, 0.29) is 12.2 Å². The van der Waals surface area contributed by atoms with Crippen LogP contribution in [0.15, 0.2) is 40.9 Å². The summed E-state index contributed by atoms with van der Waals surface area (Å²) in [7, 11) is 0. The normalized spacial score (nSPS) is 10.5. The molecule has 2 aromatic rings. The molecule has 5 heteroatoms. The lowest BCUT2D eigenvalue weighted by atomic mass is 10.0. The number of rotatable bonds is 3. The average molecular weight is 359 g/mol. The number of hydrogen-bond donors (Lipinski definition) is 1. The zero-order chi connectivity index (χ0) is 14.0. The van der Waals surface area contributed by atoms with Crippen molar-refractivity contribution in [3.05, 3.63) is 62.0 Å². The highest BCUT2D eigenvalue weighted by Gasteiger charge is 2.12. The van der Waals surface area contributed by atoms with Crippen LogP contribution >= 0.6 is 39.1 Å². The Morgan fingerprint density at radius 2 is 1.84 bits per heavy atom. The molecule has 2 nitrogen and oxygen atoms in total. The number of carbonyl (C=O) groups is 1. The van der Waals surface area contributed by atoms with Crippen molar-refractivity contribution in [2.45, 2.75) is 6.42 Å². The van der Waals surface area contributed by atoms with Crippen LogP contribution in [0.2, 0.25) is 10.0 Å². The Kier molecular flexibility index (Phi) is 4.50. The van der Waals surface area contributed by atoms with Gasteiger partial charge in [-0.25, -0.2) is 0 Å². The predicted molar refractivity (Wildman–Crippen MR) is 83.1 cm³/mol. The monoisotopic (exact) mass is 357 g/mol. The highest BCUT2D eigenvalue weighted by Crippen LogP contribution is 2.24. The molecule has 0 saturated carbocycles. The maximum absolute atomic E-state index is 12.2. The Morgan fingerprint density at radius 3 is 2.53 bits per heavy atom. The number of carbonyl (C=O) groups excluding carboxylic acids is 1. The van der Waals surface area contributed by atoms with Crippen LogP contribution in [0.1, 0.15) is 15.9 Å². The maximum Gasteiger partial charge on any atom is 0.169 e. The third-order valence-corrected chi connectivity index (χ3v) is 3.90. The van der Waals surface area contributed by atoms with Crippen LogP contribution < -0.4 is 5.73 Å². The van der Waals surface area contributed by atoms with E-state index in [1.807, 2.05) is 0 Å². The van der Waals surface area contributed by atoms with Gasteiger partial charge in [-0.2, -0.15) is 0 Å². The molecular weight excluding hydrogens is 349 g/mol. The molecule has 0 unspecified atom stereocenters. The van der Waals surface area contributed by atoms with Crippen molar-refractivity contribution in [2.24, 2.45) is 0 Å². The number of halogens is 3. The maximum atomic E-state index is 12.2. The Hall–Kier alpha value is -1.03. The molecule has 0 aromatic heterocycles. The highest BCUT2D eigenvalue weighted by atomic mass is 79.9. The van der Waals surface area contributed by atoms with E-state index in [0.717, 1.165) is 10.0 Å². The molecule has 0 heterocycles. The van der Waals surface area contributed by atoms with Gasteiger partial charge in [0.2, 0.25) is 0 Å². The van der Waals surface area contributed by atoms with Crippen LogP contribution in [-0.4, -0.2) is 5.78 Å². The second-order valence-electron chi connectivity index (χ2n) is 4.08. The molecule has 0 bridgehead atoms. The quantitative estimate of drug-likeness (QED) is 0.634. The molecule has 98 valence electrons. The Balaban J connectivity index is 2.25. The molecule has 0 atom stereocenters. The van der Waals surface area contributed by atoms with Crippen molar-refractivity contribution in [3.8, 4) is 0 Å². The molecule has 2 rings (SSSR count). The van der Waals surface area contributed by atoms with Crippen LogP contribution in [0.3, 0.4) is 0 Å². The first-order valence-electron chi connectivity index (χ1n) is 5.49. The van der Waals surface area contributed by atoms with Gasteiger partial charge in [0.15, 0.2) is 5.78 Å². The van der Waals surface area contributed by atoms with E-state index >= 15 is 0 Å². The zero-order valence-corrected chi connectivity index (χ0v) is 12.9. The predicted octanol–water partition coefficient (Wildman–Crippen LogP) is 4.76. The molecule has 2 aromatic carbocycles. The molecule has 19 heavy (non-hydrogen) atoms. The number of Topliss-reactive ketones (excluding diaryl/α,β-unsaturated/α-hetero) is 1. The van der Waals surface area contributed by atoms with Gasteiger partial charge in [-0.05, 0) is 35.9 Å². The van der Waals surface area contributed by atoms with Crippen molar-refractivity contribution < 1.29 is 4.79 Å². The summed E-state index contributed by atoms with van der Waals surface area (Å²) in [5.74, 6) is -0.0582. The van der Waals surface area contributed by atoms with E-state index in [9.17, 15) is 4.79 Å². The first-order chi connectivity index (χ1) is 8.97. The largest absolute Gasteiger partial charge is 0.398 e. The third kappa shape index (κ3) is 3.50. The fraction of sp³-hybridized carbons (Fsp3) is 0.0714. The summed E-state index contributed by atoms with van der Waals surface area (Å²) >= 11 is 15.1. The van der Waals surface area contributed by atoms with Gasteiger partial charge in [-0.3, -0.25) is 4.79 Å². The van der Waals surface area contributed by atoms with E-state index in [1.54, 1.807) is 36.4 Å². The fourth-order valence-corrected chi connectivity index (χ4v) is 2.38. The van der Waals surface area contributed by atoms with Gasteiger partial charge in [-0.15, -0.1) is 0 Å². The van der Waals surface area contributed by atoms with E-state index < -0.39 is 0 Å². The van der Waals surface area contributed by atoms with Crippen molar-refractivity contribution in [2.75, 3.05) is 5.73 Å². The molecule has 0 fully saturated rings. The van der Waals surface area contributed by atoms with Crippen molar-refractivity contribution in [3.63, 3.8) is 0 Å². The topological polar surface area (TPSA) is 43.1 Å². The van der Waals surface area contributed by atoms with E-state index in [1.165, 1.54) is 0 Å². The second kappa shape index (κ2) is 5.95. The number of anilines is 1. The summed E-state index contributed by atoms with van der Waals surface area (Å²) in [6.45, 7) is 0. The average Bonchev–Trinajstić information content (AvgIpc) is 2.36. The first-order valence-corrected chi connectivity index (χ1v) is 7.04. The molecular formula is C14H10BrCl2NO. The fourth-order valence-electron chi connectivity index (χ4n) is 1.70. The van der Waals surface area contributed by atoms with Crippen molar-refractivity contribution in [1.29, 1.82) is 0 Å². The van der Waals surface area contributed by atoms with Gasteiger partial charge in [0, 0.05) is 22.1 Å². The molecule has 0 radical (unpaired) electrons. The molecule has 0 aliphatic heterocycles. The van der Waals surface area contributed by atoms with Crippen LogP contribution in [0.25, 0.3) is 0 Å². The number of hydrogen-bond acceptors (Lipinski definition) is 2.